The molecular formula is C18H17N3O4. The topological polar surface area (TPSA) is 111 Å². The lowest BCUT2D eigenvalue weighted by molar-refractivity contribution is -0.118. The quantitative estimate of drug-likeness (QED) is 0.770. The fourth-order valence-electron chi connectivity index (χ4n) is 2.55. The van der Waals surface area contributed by atoms with Crippen molar-refractivity contribution in [3.63, 3.8) is 0 Å². The maximum Gasteiger partial charge on any atom is 0.262 e. The molecule has 0 atom stereocenters. The third-order valence-electron chi connectivity index (χ3n) is 3.77. The number of primary amides is 1. The van der Waals surface area contributed by atoms with E-state index in [2.05, 4.69) is 10.6 Å². The highest BCUT2D eigenvalue weighted by Crippen LogP contribution is 2.26. The SMILES string of the molecule is NC(=O)c1cccc(NC(=O)COc2ccc3c(c2)CCC(=O)N3)c1. The van der Waals surface area contributed by atoms with Crippen molar-refractivity contribution in [1.82, 2.24) is 0 Å². The second-order valence-electron chi connectivity index (χ2n) is 5.65. The molecule has 128 valence electrons. The third-order valence-corrected chi connectivity index (χ3v) is 3.77. The minimum absolute atomic E-state index is 0.00117. The van der Waals surface area contributed by atoms with Crippen LogP contribution in [-0.2, 0) is 16.0 Å². The maximum absolute atomic E-state index is 12.0. The Kier molecular flexibility index (Phi) is 4.65. The number of rotatable bonds is 5. The number of carbonyl (C=O) groups excluding carboxylic acids is 3. The van der Waals surface area contributed by atoms with Crippen LogP contribution in [0.1, 0.15) is 22.3 Å². The van der Waals surface area contributed by atoms with Gasteiger partial charge in [0.15, 0.2) is 6.61 Å². The first kappa shape index (κ1) is 16.5. The molecule has 1 heterocycles. The molecule has 2 aromatic carbocycles. The number of carbonyl (C=O) groups is 3. The van der Waals surface area contributed by atoms with Crippen LogP contribution in [0.15, 0.2) is 42.5 Å². The zero-order chi connectivity index (χ0) is 17.8. The van der Waals surface area contributed by atoms with Gasteiger partial charge in [-0.05, 0) is 48.4 Å². The van der Waals surface area contributed by atoms with Crippen molar-refractivity contribution in [2.24, 2.45) is 5.73 Å². The highest BCUT2D eigenvalue weighted by atomic mass is 16.5. The van der Waals surface area contributed by atoms with E-state index in [9.17, 15) is 14.4 Å². The second kappa shape index (κ2) is 7.04. The number of nitrogens with two attached hydrogens (primary N) is 1. The van der Waals surface area contributed by atoms with Gasteiger partial charge in [-0.1, -0.05) is 6.07 Å². The van der Waals surface area contributed by atoms with Gasteiger partial charge < -0.3 is 21.1 Å². The van der Waals surface area contributed by atoms with Crippen LogP contribution >= 0.6 is 0 Å². The van der Waals surface area contributed by atoms with Crippen LogP contribution in [-0.4, -0.2) is 24.3 Å². The minimum Gasteiger partial charge on any atom is -0.484 e. The summed E-state index contributed by atoms with van der Waals surface area (Å²) in [4.78, 5) is 34.5. The molecule has 0 spiro atoms. The predicted molar refractivity (Wildman–Crippen MR) is 92.5 cm³/mol. The molecule has 0 saturated heterocycles. The number of hydrogen-bond donors (Lipinski definition) is 3. The van der Waals surface area contributed by atoms with Crippen molar-refractivity contribution in [3.8, 4) is 5.75 Å². The average molecular weight is 339 g/mol. The van der Waals surface area contributed by atoms with Crippen LogP contribution in [0.25, 0.3) is 0 Å². The molecule has 7 nitrogen and oxygen atoms in total. The number of nitrogens with one attached hydrogen (secondary N) is 2. The summed E-state index contributed by atoms with van der Waals surface area (Å²) in [7, 11) is 0. The van der Waals surface area contributed by atoms with E-state index in [-0.39, 0.29) is 18.4 Å². The van der Waals surface area contributed by atoms with E-state index in [1.807, 2.05) is 6.07 Å². The summed E-state index contributed by atoms with van der Waals surface area (Å²) in [6.07, 6.45) is 1.08. The van der Waals surface area contributed by atoms with Crippen molar-refractivity contribution in [2.45, 2.75) is 12.8 Å². The minimum atomic E-state index is -0.562. The molecule has 25 heavy (non-hydrogen) atoms. The first-order valence-electron chi connectivity index (χ1n) is 7.76. The molecule has 4 N–H and O–H groups in total. The van der Waals surface area contributed by atoms with E-state index in [0.29, 0.717) is 29.8 Å². The molecule has 0 bridgehead atoms. The van der Waals surface area contributed by atoms with E-state index in [4.69, 9.17) is 10.5 Å². The molecule has 0 aliphatic carbocycles. The van der Waals surface area contributed by atoms with Gasteiger partial charge in [-0.2, -0.15) is 0 Å². The molecule has 1 aliphatic rings. The first-order chi connectivity index (χ1) is 12.0. The van der Waals surface area contributed by atoms with E-state index in [1.165, 1.54) is 6.07 Å². The van der Waals surface area contributed by atoms with Gasteiger partial charge in [-0.3, -0.25) is 14.4 Å². The zero-order valence-corrected chi connectivity index (χ0v) is 13.4. The molecule has 0 aromatic heterocycles. The maximum atomic E-state index is 12.0. The van der Waals surface area contributed by atoms with Crippen LogP contribution in [0.5, 0.6) is 5.75 Å². The molecule has 3 rings (SSSR count). The average Bonchev–Trinajstić information content (AvgIpc) is 2.60. The standard InChI is InChI=1S/C18H17N3O4/c19-18(24)12-2-1-3-13(8-12)20-17(23)10-25-14-5-6-15-11(9-14)4-7-16(22)21-15/h1-3,5-6,8-9H,4,7,10H2,(H2,19,24)(H,20,23)(H,21,22). The fraction of sp³-hybridized carbons (Fsp3) is 0.167. The molecule has 1 aliphatic heterocycles. The van der Waals surface area contributed by atoms with Gasteiger partial charge in [0.1, 0.15) is 5.75 Å². The predicted octanol–water partition coefficient (Wildman–Crippen LogP) is 1.69. The van der Waals surface area contributed by atoms with Crippen LogP contribution in [0.4, 0.5) is 11.4 Å². The van der Waals surface area contributed by atoms with Gasteiger partial charge in [0.05, 0.1) is 0 Å². The molecular weight excluding hydrogens is 322 g/mol. The van der Waals surface area contributed by atoms with Crippen molar-refractivity contribution >= 4 is 29.1 Å². The Hall–Kier alpha value is -3.35. The largest absolute Gasteiger partial charge is 0.484 e. The molecule has 0 saturated carbocycles. The molecule has 0 fully saturated rings. The van der Waals surface area contributed by atoms with E-state index < -0.39 is 5.91 Å². The van der Waals surface area contributed by atoms with Gasteiger partial charge >= 0.3 is 0 Å². The van der Waals surface area contributed by atoms with Gasteiger partial charge in [-0.15, -0.1) is 0 Å². The van der Waals surface area contributed by atoms with E-state index in [0.717, 1.165) is 11.3 Å². The normalized spacial score (nSPS) is 12.7. The van der Waals surface area contributed by atoms with Gasteiger partial charge in [0, 0.05) is 23.4 Å². The van der Waals surface area contributed by atoms with Gasteiger partial charge in [0.2, 0.25) is 11.8 Å². The number of fused-ring (bicyclic) bond motifs is 1. The summed E-state index contributed by atoms with van der Waals surface area (Å²) in [5, 5.41) is 5.43. The zero-order valence-electron chi connectivity index (χ0n) is 13.4. The number of ether oxygens (including phenoxy) is 1. The summed E-state index contributed by atoms with van der Waals surface area (Å²) < 4.78 is 5.49. The Bertz CT molecular complexity index is 848. The molecule has 2 aromatic rings. The summed E-state index contributed by atoms with van der Waals surface area (Å²) in [6, 6.07) is 11.6. The van der Waals surface area contributed by atoms with Crippen molar-refractivity contribution in [2.75, 3.05) is 17.2 Å². The van der Waals surface area contributed by atoms with Crippen molar-refractivity contribution in [3.05, 3.63) is 53.6 Å². The molecule has 7 heteroatoms. The number of amides is 3. The first-order valence-corrected chi connectivity index (χ1v) is 7.76. The van der Waals surface area contributed by atoms with Crippen molar-refractivity contribution in [1.29, 1.82) is 0 Å². The third kappa shape index (κ3) is 4.14. The highest BCUT2D eigenvalue weighted by molar-refractivity contribution is 5.96. The van der Waals surface area contributed by atoms with Gasteiger partial charge in [-0.25, -0.2) is 0 Å². The van der Waals surface area contributed by atoms with Crippen LogP contribution in [0.2, 0.25) is 0 Å². The fourth-order valence-corrected chi connectivity index (χ4v) is 2.55. The van der Waals surface area contributed by atoms with E-state index >= 15 is 0 Å². The van der Waals surface area contributed by atoms with Gasteiger partial charge in [0.25, 0.3) is 5.91 Å². The lowest BCUT2D eigenvalue weighted by Crippen LogP contribution is -2.21. The number of anilines is 2. The summed E-state index contributed by atoms with van der Waals surface area (Å²) in [5.74, 6) is -0.365. The molecule has 3 amide bonds. The van der Waals surface area contributed by atoms with Crippen LogP contribution < -0.4 is 21.1 Å². The smallest absolute Gasteiger partial charge is 0.262 e. The highest BCUT2D eigenvalue weighted by Gasteiger charge is 2.15. The lowest BCUT2D eigenvalue weighted by atomic mass is 10.0. The summed E-state index contributed by atoms with van der Waals surface area (Å²) >= 11 is 0. The Morgan fingerprint density at radius 1 is 1.16 bits per heavy atom. The summed E-state index contributed by atoms with van der Waals surface area (Å²) in [6.45, 7) is -0.175. The Morgan fingerprint density at radius 2 is 2.00 bits per heavy atom. The lowest BCUT2D eigenvalue weighted by Gasteiger charge is -2.17. The summed E-state index contributed by atoms with van der Waals surface area (Å²) in [5.41, 5.74) is 7.75. The molecule has 0 unspecified atom stereocenters. The van der Waals surface area contributed by atoms with Crippen LogP contribution in [0.3, 0.4) is 0 Å². The Balaban J connectivity index is 1.58. The number of benzene rings is 2. The number of aryl methyl sites for hydroxylation is 1. The molecule has 0 radical (unpaired) electrons. The number of hydrogen-bond acceptors (Lipinski definition) is 4. The Labute approximate surface area is 144 Å². The van der Waals surface area contributed by atoms with Crippen molar-refractivity contribution < 1.29 is 19.1 Å². The van der Waals surface area contributed by atoms with Crippen LogP contribution in [0, 0.1) is 0 Å². The monoisotopic (exact) mass is 339 g/mol. The Morgan fingerprint density at radius 3 is 2.80 bits per heavy atom. The van der Waals surface area contributed by atoms with E-state index in [1.54, 1.807) is 30.3 Å². The second-order valence-corrected chi connectivity index (χ2v) is 5.65.